The highest BCUT2D eigenvalue weighted by Crippen LogP contribution is 2.30. The number of ether oxygens (including phenoxy) is 2. The van der Waals surface area contributed by atoms with Gasteiger partial charge in [0, 0.05) is 11.0 Å². The van der Waals surface area contributed by atoms with E-state index in [1.54, 1.807) is 7.11 Å². The summed E-state index contributed by atoms with van der Waals surface area (Å²) in [5.41, 5.74) is 7.57. The Hall–Kier alpha value is -2.80. The molecule has 0 atom stereocenters. The number of hydrogen-bond donors (Lipinski definition) is 2. The lowest BCUT2D eigenvalue weighted by atomic mass is 10.2. The van der Waals surface area contributed by atoms with Crippen LogP contribution in [-0.4, -0.2) is 17.1 Å². The minimum Gasteiger partial charge on any atom is -0.497 e. The third kappa shape index (κ3) is 4.39. The van der Waals surface area contributed by atoms with Gasteiger partial charge in [0.2, 0.25) is 5.88 Å². The predicted molar refractivity (Wildman–Crippen MR) is 101 cm³/mol. The number of methoxy groups -OCH3 is 1. The molecule has 3 N–H and O–H groups in total. The summed E-state index contributed by atoms with van der Waals surface area (Å²) >= 11 is 3.38. The third-order valence-electron chi connectivity index (χ3n) is 3.49. The van der Waals surface area contributed by atoms with Gasteiger partial charge in [-0.15, -0.1) is 0 Å². The molecule has 3 aromatic rings. The van der Waals surface area contributed by atoms with E-state index in [2.05, 4.69) is 31.2 Å². The van der Waals surface area contributed by atoms with Crippen LogP contribution in [-0.2, 0) is 6.54 Å². The van der Waals surface area contributed by atoms with Gasteiger partial charge in [0.1, 0.15) is 23.5 Å². The van der Waals surface area contributed by atoms with Crippen LogP contribution in [0.2, 0.25) is 0 Å². The maximum absolute atomic E-state index is 6.13. The number of aromatic nitrogens is 2. The Kier molecular flexibility index (Phi) is 5.35. The van der Waals surface area contributed by atoms with Crippen molar-refractivity contribution in [2.75, 3.05) is 18.2 Å². The summed E-state index contributed by atoms with van der Waals surface area (Å²) in [6.45, 7) is 0.572. The normalized spacial score (nSPS) is 10.3. The van der Waals surface area contributed by atoms with Crippen LogP contribution in [0.5, 0.6) is 17.4 Å². The zero-order valence-electron chi connectivity index (χ0n) is 13.6. The van der Waals surface area contributed by atoms with Gasteiger partial charge in [-0.1, -0.05) is 28.1 Å². The van der Waals surface area contributed by atoms with Gasteiger partial charge in [-0.05, 0) is 42.0 Å². The number of rotatable bonds is 6. The Morgan fingerprint density at radius 3 is 2.36 bits per heavy atom. The number of benzene rings is 2. The molecular formula is C18H17BrN4O2. The van der Waals surface area contributed by atoms with Gasteiger partial charge >= 0.3 is 0 Å². The highest BCUT2D eigenvalue weighted by Gasteiger charge is 2.10. The first-order chi connectivity index (χ1) is 12.2. The molecule has 0 unspecified atom stereocenters. The van der Waals surface area contributed by atoms with E-state index in [-0.39, 0.29) is 0 Å². The van der Waals surface area contributed by atoms with Crippen LogP contribution < -0.4 is 20.5 Å². The van der Waals surface area contributed by atoms with Gasteiger partial charge < -0.3 is 20.5 Å². The molecule has 1 aromatic heterocycles. The topological polar surface area (TPSA) is 82.3 Å². The Morgan fingerprint density at radius 1 is 1.00 bits per heavy atom. The summed E-state index contributed by atoms with van der Waals surface area (Å²) in [5, 5.41) is 3.20. The van der Waals surface area contributed by atoms with Crippen LogP contribution in [0.1, 0.15) is 5.56 Å². The number of anilines is 2. The van der Waals surface area contributed by atoms with E-state index in [9.17, 15) is 0 Å². The Balaban J connectivity index is 1.70. The largest absolute Gasteiger partial charge is 0.497 e. The van der Waals surface area contributed by atoms with E-state index in [4.69, 9.17) is 15.2 Å². The average molecular weight is 401 g/mol. The second-order valence-electron chi connectivity index (χ2n) is 5.20. The lowest BCUT2D eigenvalue weighted by Crippen LogP contribution is -2.06. The first kappa shape index (κ1) is 17.0. The molecule has 0 spiro atoms. The second-order valence-corrected chi connectivity index (χ2v) is 6.11. The minimum atomic E-state index is 0.314. The van der Waals surface area contributed by atoms with Gasteiger partial charge in [-0.25, -0.2) is 4.98 Å². The van der Waals surface area contributed by atoms with E-state index < -0.39 is 0 Å². The van der Waals surface area contributed by atoms with Crippen LogP contribution in [0.4, 0.5) is 11.5 Å². The molecule has 0 saturated carbocycles. The van der Waals surface area contributed by atoms with Crippen molar-refractivity contribution in [1.82, 2.24) is 9.97 Å². The molecule has 0 radical (unpaired) electrons. The van der Waals surface area contributed by atoms with E-state index in [1.807, 2.05) is 48.5 Å². The fourth-order valence-electron chi connectivity index (χ4n) is 2.15. The van der Waals surface area contributed by atoms with Crippen LogP contribution in [0, 0.1) is 0 Å². The van der Waals surface area contributed by atoms with Crippen LogP contribution in [0.15, 0.2) is 59.3 Å². The molecule has 0 aliphatic heterocycles. The summed E-state index contributed by atoms with van der Waals surface area (Å²) in [5.74, 6) is 2.30. The second kappa shape index (κ2) is 7.85. The molecule has 3 rings (SSSR count). The molecule has 7 heteroatoms. The Labute approximate surface area is 154 Å². The SMILES string of the molecule is COc1ccc(CNc2ncnc(Oc3ccc(Br)cc3)c2N)cc1. The van der Waals surface area contributed by atoms with Gasteiger partial charge in [0.15, 0.2) is 5.82 Å². The summed E-state index contributed by atoms with van der Waals surface area (Å²) in [7, 11) is 1.64. The lowest BCUT2D eigenvalue weighted by Gasteiger charge is -2.12. The summed E-state index contributed by atoms with van der Waals surface area (Å²) in [4.78, 5) is 8.29. The van der Waals surface area contributed by atoms with Crippen molar-refractivity contribution in [2.24, 2.45) is 0 Å². The molecule has 1 heterocycles. The molecule has 0 saturated heterocycles. The first-order valence-electron chi connectivity index (χ1n) is 7.56. The number of halogens is 1. The summed E-state index contributed by atoms with van der Waals surface area (Å²) < 4.78 is 11.9. The monoisotopic (exact) mass is 400 g/mol. The predicted octanol–water partition coefficient (Wildman–Crippen LogP) is 4.23. The molecule has 128 valence electrons. The molecule has 2 aromatic carbocycles. The van der Waals surface area contributed by atoms with Crippen molar-refractivity contribution < 1.29 is 9.47 Å². The summed E-state index contributed by atoms with van der Waals surface area (Å²) in [6, 6.07) is 15.2. The van der Waals surface area contributed by atoms with Crippen LogP contribution in [0.25, 0.3) is 0 Å². The fraction of sp³-hybridized carbons (Fsp3) is 0.111. The first-order valence-corrected chi connectivity index (χ1v) is 8.35. The standard InChI is InChI=1S/C18H17BrN4O2/c1-24-14-6-2-12(3-7-14)10-21-17-16(20)18(23-11-22-17)25-15-8-4-13(19)5-9-15/h2-9,11H,10,20H2,1H3,(H,21,22,23). The molecular weight excluding hydrogens is 384 g/mol. The maximum Gasteiger partial charge on any atom is 0.248 e. The van der Waals surface area contributed by atoms with Crippen LogP contribution in [0.3, 0.4) is 0 Å². The van der Waals surface area contributed by atoms with Gasteiger partial charge in [-0.3, -0.25) is 0 Å². The number of nitrogens with two attached hydrogens (primary N) is 1. The van der Waals surface area contributed by atoms with Gasteiger partial charge in [0.25, 0.3) is 0 Å². The fourth-order valence-corrected chi connectivity index (χ4v) is 2.41. The number of nitrogens with one attached hydrogen (secondary N) is 1. The molecule has 6 nitrogen and oxygen atoms in total. The van der Waals surface area contributed by atoms with Gasteiger partial charge in [0.05, 0.1) is 7.11 Å². The number of hydrogen-bond acceptors (Lipinski definition) is 6. The molecule has 0 amide bonds. The van der Waals surface area contributed by atoms with E-state index >= 15 is 0 Å². The average Bonchev–Trinajstić information content (AvgIpc) is 2.64. The Morgan fingerprint density at radius 2 is 1.68 bits per heavy atom. The third-order valence-corrected chi connectivity index (χ3v) is 4.02. The number of nitrogen functional groups attached to an aromatic ring is 1. The van der Waals surface area contributed by atoms with Crippen LogP contribution >= 0.6 is 15.9 Å². The van der Waals surface area contributed by atoms with Crippen molar-refractivity contribution in [3.05, 3.63) is 64.9 Å². The van der Waals surface area contributed by atoms with E-state index in [0.29, 0.717) is 29.7 Å². The van der Waals surface area contributed by atoms with Crippen molar-refractivity contribution in [3.63, 3.8) is 0 Å². The quantitative estimate of drug-likeness (QED) is 0.643. The van der Waals surface area contributed by atoms with E-state index in [1.165, 1.54) is 6.33 Å². The zero-order valence-corrected chi connectivity index (χ0v) is 15.2. The molecule has 25 heavy (non-hydrogen) atoms. The van der Waals surface area contributed by atoms with Crippen molar-refractivity contribution >= 4 is 27.4 Å². The zero-order chi connectivity index (χ0) is 17.6. The highest BCUT2D eigenvalue weighted by atomic mass is 79.9. The van der Waals surface area contributed by atoms with Crippen molar-refractivity contribution in [1.29, 1.82) is 0 Å². The minimum absolute atomic E-state index is 0.314. The highest BCUT2D eigenvalue weighted by molar-refractivity contribution is 9.10. The molecule has 0 aliphatic carbocycles. The summed E-state index contributed by atoms with van der Waals surface area (Å²) in [6.07, 6.45) is 1.42. The molecule has 0 fully saturated rings. The maximum atomic E-state index is 6.13. The number of nitrogens with zero attached hydrogens (tertiary/aromatic N) is 2. The van der Waals surface area contributed by atoms with Gasteiger partial charge in [-0.2, -0.15) is 4.98 Å². The molecule has 0 aliphatic rings. The Bertz CT molecular complexity index is 839. The van der Waals surface area contributed by atoms with E-state index in [0.717, 1.165) is 15.8 Å². The molecule has 0 bridgehead atoms. The smallest absolute Gasteiger partial charge is 0.248 e. The van der Waals surface area contributed by atoms with Crippen molar-refractivity contribution in [2.45, 2.75) is 6.54 Å². The van der Waals surface area contributed by atoms with Crippen molar-refractivity contribution in [3.8, 4) is 17.4 Å². The lowest BCUT2D eigenvalue weighted by molar-refractivity contribution is 0.414.